The Morgan fingerprint density at radius 2 is 2.15 bits per heavy atom. The summed E-state index contributed by atoms with van der Waals surface area (Å²) in [4.78, 5) is 26.1. The van der Waals surface area contributed by atoms with E-state index in [2.05, 4.69) is 15.6 Å². The average molecular weight is 269 g/mol. The number of benzene rings is 1. The molecule has 0 saturated carbocycles. The van der Waals surface area contributed by atoms with Crippen LogP contribution in [0, 0.1) is 0 Å². The maximum Gasteiger partial charge on any atom is 0.261 e. The lowest BCUT2D eigenvalue weighted by molar-refractivity contribution is 0.102. The first-order valence-electron chi connectivity index (χ1n) is 6.60. The van der Waals surface area contributed by atoms with Crippen molar-refractivity contribution < 1.29 is 4.79 Å². The quantitative estimate of drug-likeness (QED) is 0.780. The van der Waals surface area contributed by atoms with Crippen LogP contribution in [-0.2, 0) is 6.42 Å². The van der Waals surface area contributed by atoms with Crippen molar-refractivity contribution in [3.8, 4) is 0 Å². The second-order valence-electron chi connectivity index (χ2n) is 4.77. The summed E-state index contributed by atoms with van der Waals surface area (Å²) >= 11 is 0. The molecule has 1 aromatic carbocycles. The standard InChI is InChI=1S/C15H15N3O2/c19-14-12(4-2-8-17-14)15(20)18-11-6-5-10-3-1-7-16-13(10)9-11/h2,4-6,8-9,16H,1,3,7H2,(H,17,19)(H,18,20). The SMILES string of the molecule is O=C(Nc1ccc2c(c1)NCCC2)c1ccc[nH]c1=O. The Kier molecular flexibility index (Phi) is 3.25. The molecule has 1 aliphatic rings. The van der Waals surface area contributed by atoms with Crippen molar-refractivity contribution in [2.24, 2.45) is 0 Å². The highest BCUT2D eigenvalue weighted by Crippen LogP contribution is 2.25. The number of pyridine rings is 1. The number of anilines is 2. The van der Waals surface area contributed by atoms with Gasteiger partial charge in [-0.05, 0) is 42.7 Å². The van der Waals surface area contributed by atoms with Crippen LogP contribution in [-0.4, -0.2) is 17.4 Å². The van der Waals surface area contributed by atoms with Crippen molar-refractivity contribution >= 4 is 17.3 Å². The number of rotatable bonds is 2. The van der Waals surface area contributed by atoms with E-state index in [-0.39, 0.29) is 11.1 Å². The van der Waals surface area contributed by atoms with E-state index >= 15 is 0 Å². The van der Waals surface area contributed by atoms with E-state index in [1.165, 1.54) is 17.8 Å². The lowest BCUT2D eigenvalue weighted by Crippen LogP contribution is -2.22. The van der Waals surface area contributed by atoms with Crippen LogP contribution in [0.5, 0.6) is 0 Å². The molecule has 2 heterocycles. The highest BCUT2D eigenvalue weighted by Gasteiger charge is 2.12. The molecule has 20 heavy (non-hydrogen) atoms. The second kappa shape index (κ2) is 5.21. The number of carbonyl (C=O) groups excluding carboxylic acids is 1. The van der Waals surface area contributed by atoms with Crippen molar-refractivity contribution in [3.05, 3.63) is 58.0 Å². The van der Waals surface area contributed by atoms with Gasteiger partial charge in [-0.1, -0.05) is 6.07 Å². The van der Waals surface area contributed by atoms with Gasteiger partial charge < -0.3 is 15.6 Å². The van der Waals surface area contributed by atoms with Gasteiger partial charge in [0, 0.05) is 24.1 Å². The van der Waals surface area contributed by atoms with Crippen molar-refractivity contribution in [1.82, 2.24) is 4.98 Å². The number of nitrogens with one attached hydrogen (secondary N) is 3. The lowest BCUT2D eigenvalue weighted by Gasteiger charge is -2.18. The minimum absolute atomic E-state index is 0.109. The fourth-order valence-electron chi connectivity index (χ4n) is 2.34. The predicted octanol–water partition coefficient (Wildman–Crippen LogP) is 1.99. The molecule has 0 spiro atoms. The van der Waals surface area contributed by atoms with Crippen molar-refractivity contribution in [3.63, 3.8) is 0 Å². The molecule has 0 bridgehead atoms. The molecule has 102 valence electrons. The van der Waals surface area contributed by atoms with Crippen LogP contribution in [0.2, 0.25) is 0 Å². The Bertz CT molecular complexity index is 706. The van der Waals surface area contributed by atoms with Gasteiger partial charge in [0.05, 0.1) is 0 Å². The summed E-state index contributed by atoms with van der Waals surface area (Å²) in [5, 5.41) is 6.06. The molecule has 0 saturated heterocycles. The van der Waals surface area contributed by atoms with Gasteiger partial charge in [0.2, 0.25) is 0 Å². The molecule has 5 nitrogen and oxygen atoms in total. The monoisotopic (exact) mass is 269 g/mol. The van der Waals surface area contributed by atoms with Crippen LogP contribution in [0.3, 0.4) is 0 Å². The van der Waals surface area contributed by atoms with Crippen LogP contribution in [0.1, 0.15) is 22.3 Å². The summed E-state index contributed by atoms with van der Waals surface area (Å²) in [7, 11) is 0. The highest BCUT2D eigenvalue weighted by atomic mass is 16.2. The molecule has 0 unspecified atom stereocenters. The molecule has 2 aromatic rings. The maximum atomic E-state index is 12.1. The van der Waals surface area contributed by atoms with Gasteiger partial charge >= 0.3 is 0 Å². The van der Waals surface area contributed by atoms with Crippen LogP contribution in [0.4, 0.5) is 11.4 Å². The zero-order chi connectivity index (χ0) is 13.9. The van der Waals surface area contributed by atoms with E-state index in [1.807, 2.05) is 18.2 Å². The molecular formula is C15H15N3O2. The minimum Gasteiger partial charge on any atom is -0.385 e. The topological polar surface area (TPSA) is 74.0 Å². The highest BCUT2D eigenvalue weighted by molar-refractivity contribution is 6.04. The number of fused-ring (bicyclic) bond motifs is 1. The van der Waals surface area contributed by atoms with E-state index < -0.39 is 5.91 Å². The lowest BCUT2D eigenvalue weighted by atomic mass is 10.0. The summed E-state index contributed by atoms with van der Waals surface area (Å²) in [5.74, 6) is -0.400. The Morgan fingerprint density at radius 1 is 1.25 bits per heavy atom. The molecule has 1 amide bonds. The average Bonchev–Trinajstić information content (AvgIpc) is 2.47. The largest absolute Gasteiger partial charge is 0.385 e. The van der Waals surface area contributed by atoms with Gasteiger partial charge in [0.15, 0.2) is 0 Å². The first kappa shape index (κ1) is 12.5. The number of hydrogen-bond donors (Lipinski definition) is 3. The number of carbonyl (C=O) groups is 1. The normalized spacial score (nSPS) is 13.2. The van der Waals surface area contributed by atoms with E-state index in [0.29, 0.717) is 5.69 Å². The first-order valence-corrected chi connectivity index (χ1v) is 6.60. The van der Waals surface area contributed by atoms with Gasteiger partial charge in [0.25, 0.3) is 11.5 Å². The number of aryl methyl sites for hydroxylation is 1. The predicted molar refractivity (Wildman–Crippen MR) is 78.3 cm³/mol. The molecule has 0 radical (unpaired) electrons. The van der Waals surface area contributed by atoms with Crippen molar-refractivity contribution in [2.45, 2.75) is 12.8 Å². The summed E-state index contributed by atoms with van der Waals surface area (Å²) in [6, 6.07) is 8.91. The van der Waals surface area contributed by atoms with Gasteiger partial charge in [-0.2, -0.15) is 0 Å². The van der Waals surface area contributed by atoms with Gasteiger partial charge in [-0.15, -0.1) is 0 Å². The Balaban J connectivity index is 1.83. The Morgan fingerprint density at radius 3 is 3.00 bits per heavy atom. The van der Waals surface area contributed by atoms with E-state index in [4.69, 9.17) is 0 Å². The van der Waals surface area contributed by atoms with Crippen LogP contribution in [0.25, 0.3) is 0 Å². The van der Waals surface area contributed by atoms with E-state index in [1.54, 1.807) is 6.07 Å². The third kappa shape index (κ3) is 2.42. The summed E-state index contributed by atoms with van der Waals surface area (Å²) < 4.78 is 0. The third-order valence-electron chi connectivity index (χ3n) is 3.37. The molecule has 0 fully saturated rings. The molecule has 5 heteroatoms. The summed E-state index contributed by atoms with van der Waals surface area (Å²) in [6.07, 6.45) is 3.68. The Hall–Kier alpha value is -2.56. The molecule has 0 aliphatic carbocycles. The molecule has 3 rings (SSSR count). The molecule has 1 aromatic heterocycles. The van der Waals surface area contributed by atoms with Crippen LogP contribution in [0.15, 0.2) is 41.3 Å². The summed E-state index contributed by atoms with van der Waals surface area (Å²) in [6.45, 7) is 0.947. The zero-order valence-corrected chi connectivity index (χ0v) is 10.9. The van der Waals surface area contributed by atoms with Crippen LogP contribution >= 0.6 is 0 Å². The summed E-state index contributed by atoms with van der Waals surface area (Å²) in [5.41, 5.74) is 2.72. The maximum absolute atomic E-state index is 12.1. The molecule has 3 N–H and O–H groups in total. The molecule has 0 atom stereocenters. The third-order valence-corrected chi connectivity index (χ3v) is 3.37. The van der Waals surface area contributed by atoms with Crippen molar-refractivity contribution in [1.29, 1.82) is 0 Å². The second-order valence-corrected chi connectivity index (χ2v) is 4.77. The number of hydrogen-bond acceptors (Lipinski definition) is 3. The van der Waals surface area contributed by atoms with E-state index in [0.717, 1.165) is 25.1 Å². The van der Waals surface area contributed by atoms with Crippen LogP contribution < -0.4 is 16.2 Å². The number of amides is 1. The Labute approximate surface area is 116 Å². The van der Waals surface area contributed by atoms with Crippen molar-refractivity contribution in [2.75, 3.05) is 17.2 Å². The number of H-pyrrole nitrogens is 1. The fourth-order valence-corrected chi connectivity index (χ4v) is 2.34. The van der Waals surface area contributed by atoms with Gasteiger partial charge in [0.1, 0.15) is 5.56 Å². The number of aromatic nitrogens is 1. The first-order chi connectivity index (χ1) is 9.74. The smallest absolute Gasteiger partial charge is 0.261 e. The van der Waals surface area contributed by atoms with Gasteiger partial charge in [-0.3, -0.25) is 9.59 Å². The van der Waals surface area contributed by atoms with Gasteiger partial charge in [-0.25, -0.2) is 0 Å². The minimum atomic E-state index is -0.400. The molecule has 1 aliphatic heterocycles. The number of aromatic amines is 1. The molecular weight excluding hydrogens is 254 g/mol. The fraction of sp³-hybridized carbons (Fsp3) is 0.200. The zero-order valence-electron chi connectivity index (χ0n) is 10.9. The van der Waals surface area contributed by atoms with E-state index in [9.17, 15) is 9.59 Å².